The van der Waals surface area contributed by atoms with E-state index < -0.39 is 6.10 Å². The summed E-state index contributed by atoms with van der Waals surface area (Å²) in [4.78, 5) is 0. The molecule has 0 aromatic heterocycles. The lowest BCUT2D eigenvalue weighted by Crippen LogP contribution is -2.51. The molecule has 9 atom stereocenters. The monoisotopic (exact) mass is 713 g/mol. The second kappa shape index (κ2) is 22.6. The van der Waals surface area contributed by atoms with Crippen LogP contribution in [0.25, 0.3) is 0 Å². The number of allylic oxidation sites excluding steroid dienone is 3. The minimum absolute atomic E-state index is 0.372. The predicted molar refractivity (Wildman–Crippen MR) is 216 cm³/mol. The summed E-state index contributed by atoms with van der Waals surface area (Å²) in [7, 11) is 0. The van der Waals surface area contributed by atoms with Gasteiger partial charge < -0.3 is 19.3 Å². The Morgan fingerprint density at radius 2 is 1.47 bits per heavy atom. The molecule has 0 amide bonds. The summed E-state index contributed by atoms with van der Waals surface area (Å²) >= 11 is 0. The van der Waals surface area contributed by atoms with E-state index in [0.717, 1.165) is 68.0 Å². The van der Waals surface area contributed by atoms with Gasteiger partial charge in [0.05, 0.1) is 19.3 Å². The highest BCUT2D eigenvalue weighted by atomic mass is 16.5. The highest BCUT2D eigenvalue weighted by molar-refractivity contribution is 5.25. The minimum atomic E-state index is -0.522. The first-order valence-corrected chi connectivity index (χ1v) is 22.5. The Morgan fingerprint density at radius 3 is 2.22 bits per heavy atom. The van der Waals surface area contributed by atoms with Gasteiger partial charge in [0.25, 0.3) is 0 Å². The lowest BCUT2D eigenvalue weighted by Gasteiger charge is -2.58. The molecule has 4 nitrogen and oxygen atoms in total. The van der Waals surface area contributed by atoms with Crippen LogP contribution in [0.3, 0.4) is 0 Å². The fourth-order valence-electron chi connectivity index (χ4n) is 11.4. The number of ether oxygens (including phenoxy) is 3. The molecule has 0 bridgehead atoms. The van der Waals surface area contributed by atoms with Gasteiger partial charge in [-0.15, -0.1) is 0 Å². The first-order chi connectivity index (χ1) is 24.7. The van der Waals surface area contributed by atoms with Crippen LogP contribution in [0.4, 0.5) is 0 Å². The van der Waals surface area contributed by atoms with E-state index >= 15 is 0 Å². The van der Waals surface area contributed by atoms with Gasteiger partial charge in [-0.3, -0.25) is 0 Å². The van der Waals surface area contributed by atoms with Crippen LogP contribution in [0.2, 0.25) is 0 Å². The van der Waals surface area contributed by atoms with Crippen molar-refractivity contribution < 1.29 is 19.3 Å². The zero-order valence-corrected chi connectivity index (χ0v) is 34.6. The third-order valence-electron chi connectivity index (χ3n) is 14.5. The number of rotatable bonds is 26. The molecule has 0 aromatic rings. The van der Waals surface area contributed by atoms with E-state index in [1.807, 2.05) is 0 Å². The van der Waals surface area contributed by atoms with Gasteiger partial charge in [-0.1, -0.05) is 117 Å². The van der Waals surface area contributed by atoms with Gasteiger partial charge in [-0.2, -0.15) is 0 Å². The number of fused-ring (bicyclic) bond motifs is 5. The molecule has 0 aromatic carbocycles. The Morgan fingerprint density at radius 1 is 0.765 bits per heavy atom. The van der Waals surface area contributed by atoms with Crippen LogP contribution < -0.4 is 0 Å². The predicted octanol–water partition coefficient (Wildman–Crippen LogP) is 12.7. The summed E-state index contributed by atoms with van der Waals surface area (Å²) in [6.45, 7) is 18.1. The normalized spacial score (nSPS) is 31.8. The van der Waals surface area contributed by atoms with E-state index in [-0.39, 0.29) is 0 Å². The fourth-order valence-corrected chi connectivity index (χ4v) is 11.4. The first-order valence-electron chi connectivity index (χ1n) is 22.5. The van der Waals surface area contributed by atoms with Crippen LogP contribution in [-0.4, -0.2) is 50.3 Å². The third-order valence-corrected chi connectivity index (χ3v) is 14.5. The highest BCUT2D eigenvalue weighted by Gasteiger charge is 2.59. The average Bonchev–Trinajstić information content (AvgIpc) is 3.47. The quantitative estimate of drug-likeness (QED) is 0.0716. The molecule has 0 spiro atoms. The number of aliphatic hydroxyl groups excluding tert-OH is 1. The molecular formula is C47H84O4. The van der Waals surface area contributed by atoms with Crippen molar-refractivity contribution in [2.24, 2.45) is 46.3 Å². The van der Waals surface area contributed by atoms with Crippen molar-refractivity contribution in [2.75, 3.05) is 33.0 Å². The van der Waals surface area contributed by atoms with E-state index in [0.29, 0.717) is 36.8 Å². The molecule has 4 aliphatic carbocycles. The van der Waals surface area contributed by atoms with E-state index in [1.165, 1.54) is 122 Å². The molecule has 4 rings (SSSR count). The van der Waals surface area contributed by atoms with Crippen molar-refractivity contribution in [2.45, 2.75) is 195 Å². The van der Waals surface area contributed by atoms with Gasteiger partial charge in [0.1, 0.15) is 6.10 Å². The van der Waals surface area contributed by atoms with Gasteiger partial charge in [0, 0.05) is 19.8 Å². The molecule has 51 heavy (non-hydrogen) atoms. The van der Waals surface area contributed by atoms with E-state index in [2.05, 4.69) is 59.8 Å². The Bertz CT molecular complexity index is 1000. The smallest absolute Gasteiger partial charge is 0.101 e. The summed E-state index contributed by atoms with van der Waals surface area (Å²) < 4.78 is 17.9. The van der Waals surface area contributed by atoms with E-state index in [9.17, 15) is 5.11 Å². The van der Waals surface area contributed by atoms with Gasteiger partial charge >= 0.3 is 0 Å². The van der Waals surface area contributed by atoms with Crippen LogP contribution in [0, 0.1) is 46.3 Å². The summed E-state index contributed by atoms with van der Waals surface area (Å²) in [6.07, 6.45) is 35.5. The highest BCUT2D eigenvalue weighted by Crippen LogP contribution is 2.67. The summed E-state index contributed by atoms with van der Waals surface area (Å²) in [6, 6.07) is 0. The Balaban J connectivity index is 1.02. The van der Waals surface area contributed by atoms with Crippen molar-refractivity contribution in [3.8, 4) is 0 Å². The fraction of sp³-hybridized carbons (Fsp3) is 0.915. The van der Waals surface area contributed by atoms with Crippen molar-refractivity contribution in [1.82, 2.24) is 0 Å². The largest absolute Gasteiger partial charge is 0.388 e. The van der Waals surface area contributed by atoms with Crippen molar-refractivity contribution in [3.05, 3.63) is 23.8 Å². The molecule has 3 fully saturated rings. The third kappa shape index (κ3) is 13.0. The maximum atomic E-state index is 10.1. The van der Waals surface area contributed by atoms with Gasteiger partial charge in [-0.05, 0) is 136 Å². The van der Waals surface area contributed by atoms with Crippen LogP contribution >= 0.6 is 0 Å². The molecule has 0 saturated heterocycles. The molecule has 4 aliphatic rings. The Kier molecular flexibility index (Phi) is 19.1. The lowest BCUT2D eigenvalue weighted by atomic mass is 9.47. The van der Waals surface area contributed by atoms with Gasteiger partial charge in [0.15, 0.2) is 0 Å². The zero-order chi connectivity index (χ0) is 36.5. The molecule has 296 valence electrons. The molecule has 0 heterocycles. The Labute approximate surface area is 316 Å². The molecule has 2 unspecified atom stereocenters. The average molecular weight is 713 g/mol. The molecule has 1 N–H and O–H groups in total. The van der Waals surface area contributed by atoms with Gasteiger partial charge in [-0.25, -0.2) is 0 Å². The molecule has 3 saturated carbocycles. The summed E-state index contributed by atoms with van der Waals surface area (Å²) in [5, 5.41) is 10.1. The van der Waals surface area contributed by atoms with Crippen molar-refractivity contribution >= 4 is 0 Å². The summed E-state index contributed by atoms with van der Waals surface area (Å²) in [5.41, 5.74) is 2.76. The molecule has 0 aliphatic heterocycles. The number of hydrogen-bond donors (Lipinski definition) is 1. The second-order valence-electron chi connectivity index (χ2n) is 18.7. The Hall–Kier alpha value is -0.680. The second-order valence-corrected chi connectivity index (χ2v) is 18.7. The topological polar surface area (TPSA) is 47.9 Å². The van der Waals surface area contributed by atoms with E-state index in [4.69, 9.17) is 14.2 Å². The van der Waals surface area contributed by atoms with Crippen molar-refractivity contribution in [1.29, 1.82) is 0 Å². The first kappa shape index (κ1) is 43.1. The summed E-state index contributed by atoms with van der Waals surface area (Å²) in [5.74, 6) is 5.45. The molecule has 4 heteroatoms. The van der Waals surface area contributed by atoms with E-state index in [1.54, 1.807) is 5.57 Å². The van der Waals surface area contributed by atoms with Gasteiger partial charge in [0.2, 0.25) is 0 Å². The van der Waals surface area contributed by atoms with Crippen LogP contribution in [0.1, 0.15) is 183 Å². The number of unbranched alkanes of at least 4 members (excludes halogenated alkanes) is 8. The minimum Gasteiger partial charge on any atom is -0.388 e. The van der Waals surface area contributed by atoms with Crippen molar-refractivity contribution in [3.63, 3.8) is 0 Å². The van der Waals surface area contributed by atoms with Crippen LogP contribution in [0.15, 0.2) is 23.8 Å². The number of aliphatic hydroxyl groups is 1. The molecular weight excluding hydrogens is 629 g/mol. The maximum absolute atomic E-state index is 10.1. The SMILES string of the molecule is CCCCCC=CCCCOC[C@@H](O)COCCCCCCCO[C@H]1CC[C@@]2(C)C(=CC[C@@H]3C2CC[C@@]2(C)C3CC[C@@H]2[C@H](C)CCCC(C)C)C1. The zero-order valence-electron chi connectivity index (χ0n) is 34.6. The van der Waals surface area contributed by atoms with Crippen LogP contribution in [-0.2, 0) is 14.2 Å². The standard InChI is InChI=1S/C47H84O4/c1-7-8-9-10-11-12-14-17-31-49-35-40(48)36-50-32-18-15-13-16-19-33-51-41-27-29-46(5)39(34-41)23-24-42-44-26-25-43(38(4)22-20-21-37(2)3)47(44,6)30-28-45(42)46/h11-12,23,37-38,40-45,48H,7-10,13-22,24-36H2,1-6H3/t38-,40-,41+,42+,43-,44?,45?,46+,47-/m1/s1. The maximum Gasteiger partial charge on any atom is 0.101 e. The van der Waals surface area contributed by atoms with Crippen LogP contribution in [0.5, 0.6) is 0 Å². The lowest BCUT2D eigenvalue weighted by molar-refractivity contribution is -0.0641. The number of hydrogen-bond acceptors (Lipinski definition) is 4. The molecule has 0 radical (unpaired) electrons.